The van der Waals surface area contributed by atoms with Crippen molar-refractivity contribution in [1.29, 1.82) is 0 Å². The molecule has 0 aliphatic carbocycles. The fraction of sp³-hybridized carbons (Fsp3) is 0.455. The van der Waals surface area contributed by atoms with Crippen LogP contribution in [0.4, 0.5) is 11.4 Å². The molecule has 2 aliphatic rings. The van der Waals surface area contributed by atoms with Gasteiger partial charge in [-0.15, -0.1) is 0 Å². The van der Waals surface area contributed by atoms with E-state index in [9.17, 15) is 4.79 Å². The van der Waals surface area contributed by atoms with E-state index in [1.807, 2.05) is 36.7 Å². The van der Waals surface area contributed by atoms with Crippen molar-refractivity contribution in [3.63, 3.8) is 0 Å². The van der Waals surface area contributed by atoms with Crippen molar-refractivity contribution >= 4 is 17.3 Å². The number of methoxy groups -OCH3 is 1. The van der Waals surface area contributed by atoms with E-state index in [4.69, 9.17) is 4.74 Å². The third-order valence-electron chi connectivity index (χ3n) is 5.83. The monoisotopic (exact) mass is 380 g/mol. The second kappa shape index (κ2) is 8.50. The molecule has 1 aromatic carbocycles. The fourth-order valence-corrected chi connectivity index (χ4v) is 4.20. The lowest BCUT2D eigenvalue weighted by molar-refractivity contribution is -0.136. The Hall–Kier alpha value is -2.76. The molecular weight excluding hydrogens is 352 g/mol. The van der Waals surface area contributed by atoms with E-state index in [-0.39, 0.29) is 5.92 Å². The minimum absolute atomic E-state index is 0.0921. The molecule has 0 radical (unpaired) electrons. The maximum atomic E-state index is 13.1. The number of anilines is 2. The van der Waals surface area contributed by atoms with Gasteiger partial charge in [0.1, 0.15) is 5.75 Å². The van der Waals surface area contributed by atoms with E-state index in [1.165, 1.54) is 5.69 Å². The van der Waals surface area contributed by atoms with Crippen molar-refractivity contribution in [2.45, 2.75) is 12.8 Å². The molecule has 2 fully saturated rings. The lowest BCUT2D eigenvalue weighted by atomic mass is 9.95. The number of hydrogen-bond donors (Lipinski definition) is 0. The van der Waals surface area contributed by atoms with Crippen molar-refractivity contribution in [3.8, 4) is 5.75 Å². The van der Waals surface area contributed by atoms with Crippen molar-refractivity contribution in [1.82, 2.24) is 9.88 Å². The average molecular weight is 380 g/mol. The number of rotatable bonds is 4. The van der Waals surface area contributed by atoms with Crippen LogP contribution in [-0.4, -0.2) is 62.2 Å². The molecule has 2 aliphatic heterocycles. The highest BCUT2D eigenvalue weighted by molar-refractivity contribution is 5.80. The highest BCUT2D eigenvalue weighted by Crippen LogP contribution is 2.25. The third-order valence-corrected chi connectivity index (χ3v) is 5.83. The molecular formula is C22H28N4O2. The van der Waals surface area contributed by atoms with Crippen LogP contribution in [0.5, 0.6) is 5.75 Å². The van der Waals surface area contributed by atoms with Gasteiger partial charge in [-0.25, -0.2) is 0 Å². The summed E-state index contributed by atoms with van der Waals surface area (Å²) < 4.78 is 5.23. The zero-order valence-electron chi connectivity index (χ0n) is 16.5. The molecule has 28 heavy (non-hydrogen) atoms. The molecule has 0 bridgehead atoms. The summed E-state index contributed by atoms with van der Waals surface area (Å²) in [5.74, 6) is 1.27. The summed E-state index contributed by atoms with van der Waals surface area (Å²) in [6.45, 7) is 5.14. The topological polar surface area (TPSA) is 48.9 Å². The Labute approximate surface area is 166 Å². The second-order valence-corrected chi connectivity index (χ2v) is 7.50. The number of amides is 1. The van der Waals surface area contributed by atoms with E-state index in [2.05, 4.69) is 31.8 Å². The van der Waals surface area contributed by atoms with Crippen LogP contribution in [0, 0.1) is 5.92 Å². The molecule has 4 rings (SSSR count). The highest BCUT2D eigenvalue weighted by atomic mass is 16.5. The van der Waals surface area contributed by atoms with Gasteiger partial charge in [0.25, 0.3) is 0 Å². The number of ether oxygens (including phenoxy) is 1. The first-order chi connectivity index (χ1) is 13.7. The summed E-state index contributed by atoms with van der Waals surface area (Å²) in [4.78, 5) is 23.9. The van der Waals surface area contributed by atoms with Gasteiger partial charge in [0.05, 0.1) is 13.0 Å². The maximum absolute atomic E-state index is 13.1. The van der Waals surface area contributed by atoms with Gasteiger partial charge in [-0.3, -0.25) is 9.78 Å². The number of piperidine rings is 1. The van der Waals surface area contributed by atoms with Gasteiger partial charge in [0, 0.05) is 63.0 Å². The smallest absolute Gasteiger partial charge is 0.227 e. The molecule has 6 nitrogen and oxygen atoms in total. The van der Waals surface area contributed by atoms with Crippen LogP contribution >= 0.6 is 0 Å². The van der Waals surface area contributed by atoms with Crippen molar-refractivity contribution < 1.29 is 9.53 Å². The molecule has 0 saturated carbocycles. The second-order valence-electron chi connectivity index (χ2n) is 7.50. The fourth-order valence-electron chi connectivity index (χ4n) is 4.20. The van der Waals surface area contributed by atoms with E-state index < -0.39 is 0 Å². The van der Waals surface area contributed by atoms with E-state index >= 15 is 0 Å². The first-order valence-electron chi connectivity index (χ1n) is 10.1. The van der Waals surface area contributed by atoms with Gasteiger partial charge in [-0.2, -0.15) is 0 Å². The third kappa shape index (κ3) is 4.06. The average Bonchev–Trinajstić information content (AvgIpc) is 2.79. The van der Waals surface area contributed by atoms with Crippen LogP contribution in [0.3, 0.4) is 0 Å². The van der Waals surface area contributed by atoms with Crippen LogP contribution in [-0.2, 0) is 4.79 Å². The SMILES string of the molecule is COc1ccc(N2CCN(C(=O)C3CCCN(c4ccncc4)C3)CC2)cc1. The summed E-state index contributed by atoms with van der Waals surface area (Å²) in [5.41, 5.74) is 2.35. The number of nitrogens with zero attached hydrogens (tertiary/aromatic N) is 4. The number of carbonyl (C=O) groups is 1. The predicted octanol–water partition coefficient (Wildman–Crippen LogP) is 2.66. The molecule has 1 amide bonds. The Balaban J connectivity index is 1.33. The largest absolute Gasteiger partial charge is 0.497 e. The van der Waals surface area contributed by atoms with Gasteiger partial charge in [0.2, 0.25) is 5.91 Å². The molecule has 6 heteroatoms. The molecule has 1 atom stereocenters. The molecule has 1 aromatic heterocycles. The molecule has 1 unspecified atom stereocenters. The van der Waals surface area contributed by atoms with Gasteiger partial charge < -0.3 is 19.4 Å². The molecule has 148 valence electrons. The predicted molar refractivity (Wildman–Crippen MR) is 111 cm³/mol. The molecule has 2 aromatic rings. The molecule has 2 saturated heterocycles. The number of pyridine rings is 1. The Morgan fingerprint density at radius 2 is 1.61 bits per heavy atom. The van der Waals surface area contributed by atoms with Gasteiger partial charge in [-0.05, 0) is 49.2 Å². The standard InChI is InChI=1S/C22H28N4O2/c1-28-21-6-4-19(5-7-21)24-13-15-25(16-14-24)22(27)18-3-2-12-26(17-18)20-8-10-23-11-9-20/h4-11,18H,2-3,12-17H2,1H3. The first kappa shape index (κ1) is 18.6. The van der Waals surface area contributed by atoms with Crippen LogP contribution in [0.2, 0.25) is 0 Å². The summed E-state index contributed by atoms with van der Waals surface area (Å²) >= 11 is 0. The van der Waals surface area contributed by atoms with E-state index in [0.717, 1.165) is 63.5 Å². The minimum Gasteiger partial charge on any atom is -0.497 e. The van der Waals surface area contributed by atoms with Crippen LogP contribution in [0.25, 0.3) is 0 Å². The number of piperazine rings is 1. The number of aromatic nitrogens is 1. The van der Waals surface area contributed by atoms with E-state index in [0.29, 0.717) is 5.91 Å². The first-order valence-corrected chi connectivity index (χ1v) is 10.1. The maximum Gasteiger partial charge on any atom is 0.227 e. The van der Waals surface area contributed by atoms with Crippen molar-refractivity contribution in [3.05, 3.63) is 48.8 Å². The number of carbonyl (C=O) groups excluding carboxylic acids is 1. The molecule has 0 N–H and O–H groups in total. The van der Waals surface area contributed by atoms with Crippen molar-refractivity contribution in [2.24, 2.45) is 5.92 Å². The van der Waals surface area contributed by atoms with Crippen molar-refractivity contribution in [2.75, 3.05) is 56.2 Å². The van der Waals surface area contributed by atoms with E-state index in [1.54, 1.807) is 7.11 Å². The summed E-state index contributed by atoms with van der Waals surface area (Å²) in [6, 6.07) is 12.2. The van der Waals surface area contributed by atoms with Crippen LogP contribution in [0.1, 0.15) is 12.8 Å². The Morgan fingerprint density at radius 3 is 2.29 bits per heavy atom. The Kier molecular flexibility index (Phi) is 5.65. The summed E-state index contributed by atoms with van der Waals surface area (Å²) in [6.07, 6.45) is 5.68. The van der Waals surface area contributed by atoms with Crippen LogP contribution in [0.15, 0.2) is 48.8 Å². The summed E-state index contributed by atoms with van der Waals surface area (Å²) in [5, 5.41) is 0. The van der Waals surface area contributed by atoms with Gasteiger partial charge in [0.15, 0.2) is 0 Å². The lowest BCUT2D eigenvalue weighted by Gasteiger charge is -2.40. The number of hydrogen-bond acceptors (Lipinski definition) is 5. The molecule has 3 heterocycles. The minimum atomic E-state index is 0.0921. The zero-order chi connectivity index (χ0) is 19.3. The van der Waals surface area contributed by atoms with Crippen LogP contribution < -0.4 is 14.5 Å². The van der Waals surface area contributed by atoms with Gasteiger partial charge >= 0.3 is 0 Å². The highest BCUT2D eigenvalue weighted by Gasteiger charge is 2.31. The normalized spacial score (nSPS) is 20.2. The quantitative estimate of drug-likeness (QED) is 0.816. The Morgan fingerprint density at radius 1 is 0.929 bits per heavy atom. The Bertz CT molecular complexity index is 773. The molecule has 0 spiro atoms. The number of benzene rings is 1. The van der Waals surface area contributed by atoms with Gasteiger partial charge in [-0.1, -0.05) is 0 Å². The summed E-state index contributed by atoms with van der Waals surface area (Å²) in [7, 11) is 1.68. The zero-order valence-corrected chi connectivity index (χ0v) is 16.5. The lowest BCUT2D eigenvalue weighted by Crippen LogP contribution is -2.52.